The average molecular weight is 342 g/mol. The Labute approximate surface area is 101 Å². The fraction of sp³-hybridized carbons (Fsp3) is 0.556. The molecule has 0 radical (unpaired) electrons. The summed E-state index contributed by atoms with van der Waals surface area (Å²) in [5.74, 6) is -1.11. The second-order valence-electron chi connectivity index (χ2n) is 2.70. The van der Waals surface area contributed by atoms with E-state index in [1.165, 1.54) is 20.6 Å². The molecule has 0 bridgehead atoms. The summed E-state index contributed by atoms with van der Waals surface area (Å²) in [5, 5.41) is 2.20. The summed E-state index contributed by atoms with van der Waals surface area (Å²) in [5.41, 5.74) is 0.153. The van der Waals surface area contributed by atoms with Crippen LogP contribution in [0.3, 0.4) is 0 Å². The summed E-state index contributed by atoms with van der Waals surface area (Å²) < 4.78 is 10.2. The van der Waals surface area contributed by atoms with Gasteiger partial charge in [-0.15, -0.1) is 0 Å². The molecule has 6 heteroatoms. The van der Waals surface area contributed by atoms with Gasteiger partial charge in [-0.2, -0.15) is 0 Å². The quantitative estimate of drug-likeness (QED) is 0.236. The van der Waals surface area contributed by atoms with Crippen LogP contribution in [0.5, 0.6) is 0 Å². The molecule has 0 aromatic carbocycles. The van der Waals surface area contributed by atoms with Crippen LogP contribution in [0, 0.1) is 0 Å². The molecule has 1 aliphatic rings. The van der Waals surface area contributed by atoms with Gasteiger partial charge in [0.1, 0.15) is 0 Å². The predicted molar refractivity (Wildman–Crippen MR) is 56.8 cm³/mol. The topological polar surface area (TPSA) is 52.6 Å². The third-order valence-electron chi connectivity index (χ3n) is 1.74. The van der Waals surface area contributed by atoms with Crippen LogP contribution < -0.4 is 0 Å². The average Bonchev–Trinajstić information content (AvgIpc) is 2.30. The predicted octanol–water partition coefficient (Wildman–Crippen LogP) is 0.193. The molecule has 15 heavy (non-hydrogen) atoms. The molecule has 0 aromatic rings. The number of ether oxygens (including phenoxy) is 2. The first-order chi connectivity index (χ1) is 7.20. The summed E-state index contributed by atoms with van der Waals surface area (Å²) in [7, 11) is 2.57. The summed E-state index contributed by atoms with van der Waals surface area (Å²) in [6.07, 6.45) is 1.21. The van der Waals surface area contributed by atoms with Crippen molar-refractivity contribution in [1.82, 2.24) is 0 Å². The maximum atomic E-state index is 11.5. The molecule has 0 N–H and O–H groups in total. The van der Waals surface area contributed by atoms with Gasteiger partial charge in [-0.05, 0) is 0 Å². The molecule has 0 spiro atoms. The normalized spacial score (nSPS) is 15.7. The van der Waals surface area contributed by atoms with Gasteiger partial charge in [0.05, 0.1) is 0 Å². The number of hydrogen-bond acceptors (Lipinski definition) is 4. The molecule has 0 atom stereocenters. The van der Waals surface area contributed by atoms with Crippen LogP contribution in [0.15, 0.2) is 8.94 Å². The minimum absolute atomic E-state index is 0.153. The number of esters is 2. The Balaban J connectivity index is 2.96. The zero-order chi connectivity index (χ0) is 11.3. The van der Waals surface area contributed by atoms with Crippen LogP contribution in [0.2, 0.25) is 10.6 Å². The fourth-order valence-corrected chi connectivity index (χ4v) is 8.15. The first-order valence-electron chi connectivity index (χ1n) is 4.37. The van der Waals surface area contributed by atoms with Crippen LogP contribution >= 0.6 is 0 Å². The van der Waals surface area contributed by atoms with Crippen molar-refractivity contribution in [3.8, 4) is 0 Å². The third-order valence-corrected chi connectivity index (χ3v) is 8.33. The summed E-state index contributed by atoms with van der Waals surface area (Å²) in [6, 6.07) is 0. The molecule has 0 aliphatic carbocycles. The molecule has 0 saturated carbocycles. The number of carbonyl (C=O) groups excluding carboxylic acids is 2. The Morgan fingerprint density at radius 2 is 1.53 bits per heavy atom. The summed E-state index contributed by atoms with van der Waals surface area (Å²) >= 11 is 0.520. The van der Waals surface area contributed by atoms with Gasteiger partial charge in [0.15, 0.2) is 0 Å². The van der Waals surface area contributed by atoms with Crippen molar-refractivity contribution in [3.05, 3.63) is 8.94 Å². The molecule has 4 nitrogen and oxygen atoms in total. The number of methoxy groups -OCH3 is 2. The summed E-state index contributed by atoms with van der Waals surface area (Å²) in [6.45, 7) is 0. The van der Waals surface area contributed by atoms with Crippen molar-refractivity contribution in [2.75, 3.05) is 14.2 Å². The molecular weight excluding hydrogens is 330 g/mol. The Kier molecular flexibility index (Phi) is 5.40. The Hall–Kier alpha value is -0.281. The van der Waals surface area contributed by atoms with E-state index in [1.54, 1.807) is 0 Å². The van der Waals surface area contributed by atoms with Gasteiger partial charge in [-0.3, -0.25) is 0 Å². The van der Waals surface area contributed by atoms with E-state index in [1.807, 2.05) is 0 Å². The second kappa shape index (κ2) is 6.33. The van der Waals surface area contributed by atoms with Crippen LogP contribution in [-0.4, -0.2) is 56.1 Å². The fourth-order valence-electron chi connectivity index (χ4n) is 1.03. The third kappa shape index (κ3) is 3.35. The molecule has 0 amide bonds. The molecule has 1 heterocycles. The van der Waals surface area contributed by atoms with Gasteiger partial charge in [-0.25, -0.2) is 0 Å². The van der Waals surface area contributed by atoms with Crippen molar-refractivity contribution in [2.45, 2.75) is 17.1 Å². The number of rotatable bonds is 2. The van der Waals surface area contributed by atoms with E-state index in [-0.39, 0.29) is 35.5 Å². The van der Waals surface area contributed by atoms with Gasteiger partial charge in [0, 0.05) is 0 Å². The first-order valence-corrected chi connectivity index (χ1v) is 8.50. The second-order valence-corrected chi connectivity index (χ2v) is 8.64. The van der Waals surface area contributed by atoms with E-state index >= 15 is 0 Å². The van der Waals surface area contributed by atoms with Gasteiger partial charge < -0.3 is 0 Å². The Morgan fingerprint density at radius 3 is 1.93 bits per heavy atom. The van der Waals surface area contributed by atoms with Gasteiger partial charge >= 0.3 is 101 Å². The molecule has 1 rings (SSSR count). The van der Waals surface area contributed by atoms with Gasteiger partial charge in [-0.1, -0.05) is 0 Å². The summed E-state index contributed by atoms with van der Waals surface area (Å²) in [4.78, 5) is 22.9. The van der Waals surface area contributed by atoms with E-state index in [4.69, 9.17) is 0 Å². The van der Waals surface area contributed by atoms with E-state index < -0.39 is 11.9 Å². The molecule has 1 aliphatic heterocycles. The zero-order valence-electron chi connectivity index (χ0n) is 8.57. The van der Waals surface area contributed by atoms with Crippen molar-refractivity contribution in [2.24, 2.45) is 0 Å². The number of hydrogen-bond donors (Lipinski definition) is 0. The zero-order valence-corrected chi connectivity index (χ0v) is 12.0. The van der Waals surface area contributed by atoms with E-state index in [9.17, 15) is 9.59 Å². The molecule has 0 unspecified atom stereocenters. The Bertz CT molecular complexity index is 272. The van der Waals surface area contributed by atoms with E-state index in [2.05, 4.69) is 9.47 Å². The minimum atomic E-state index is -0.553. The van der Waals surface area contributed by atoms with Crippen molar-refractivity contribution >= 4 is 41.9 Å². The SMILES string of the molecule is COC(=O)C(C(=O)OC)=C1[Se]CCC[Se]1. The van der Waals surface area contributed by atoms with Crippen molar-refractivity contribution < 1.29 is 19.1 Å². The van der Waals surface area contributed by atoms with Crippen LogP contribution in [0.1, 0.15) is 6.42 Å². The van der Waals surface area contributed by atoms with E-state index in [0.29, 0.717) is 0 Å². The maximum absolute atomic E-state index is 11.5. The molecule has 1 saturated heterocycles. The van der Waals surface area contributed by atoms with Crippen molar-refractivity contribution in [1.29, 1.82) is 0 Å². The van der Waals surface area contributed by atoms with Crippen LogP contribution in [-0.2, 0) is 19.1 Å². The van der Waals surface area contributed by atoms with Gasteiger partial charge in [0.2, 0.25) is 0 Å². The standard InChI is InChI=1S/C9H12O4Se2/c1-12-7(10)6(8(11)13-2)9-14-4-3-5-15-9/h3-5H2,1-2H3. The molecule has 1 fully saturated rings. The first kappa shape index (κ1) is 12.8. The molecule has 84 valence electrons. The molecular formula is C9H12O4Se2. The van der Waals surface area contributed by atoms with Crippen molar-refractivity contribution in [3.63, 3.8) is 0 Å². The Morgan fingerprint density at radius 1 is 1.07 bits per heavy atom. The number of carbonyl (C=O) groups is 2. The van der Waals surface area contributed by atoms with Crippen LogP contribution in [0.4, 0.5) is 0 Å². The molecule has 0 aromatic heterocycles. The monoisotopic (exact) mass is 344 g/mol. The van der Waals surface area contributed by atoms with E-state index in [0.717, 1.165) is 14.0 Å². The van der Waals surface area contributed by atoms with Gasteiger partial charge in [0.25, 0.3) is 0 Å². The van der Waals surface area contributed by atoms with Crippen LogP contribution in [0.25, 0.3) is 0 Å².